The van der Waals surface area contributed by atoms with E-state index in [0.29, 0.717) is 5.76 Å². The molecule has 0 aliphatic rings. The van der Waals surface area contributed by atoms with Crippen LogP contribution in [0.1, 0.15) is 21.7 Å². The number of carbonyl (C=O) groups excluding carboxylic acids is 2. The Morgan fingerprint density at radius 2 is 1.77 bits per heavy atom. The SMILES string of the molecule is Cc1occc1C(=O)Nc1cc(NC(=O)CNc2cccc(C(F)(F)F)c2)ccc1F. The number of furan rings is 1. The largest absolute Gasteiger partial charge is 0.469 e. The van der Waals surface area contributed by atoms with Crippen molar-refractivity contribution in [3.05, 3.63) is 77.5 Å². The van der Waals surface area contributed by atoms with Gasteiger partial charge in [0, 0.05) is 11.4 Å². The molecule has 0 radical (unpaired) electrons. The van der Waals surface area contributed by atoms with Gasteiger partial charge in [-0.15, -0.1) is 0 Å². The number of benzene rings is 2. The Morgan fingerprint density at radius 3 is 2.45 bits per heavy atom. The second-order valence-electron chi connectivity index (χ2n) is 6.52. The highest BCUT2D eigenvalue weighted by Gasteiger charge is 2.30. The molecule has 2 amide bonds. The zero-order valence-corrected chi connectivity index (χ0v) is 16.1. The van der Waals surface area contributed by atoms with Gasteiger partial charge in [0.25, 0.3) is 5.91 Å². The molecule has 0 saturated carbocycles. The number of carbonyl (C=O) groups is 2. The van der Waals surface area contributed by atoms with Crippen LogP contribution in [0, 0.1) is 12.7 Å². The van der Waals surface area contributed by atoms with Crippen molar-refractivity contribution in [3.8, 4) is 0 Å². The van der Waals surface area contributed by atoms with E-state index in [1.807, 2.05) is 0 Å². The Labute approximate surface area is 174 Å². The second kappa shape index (κ2) is 8.90. The fraction of sp³-hybridized carbons (Fsp3) is 0.143. The van der Waals surface area contributed by atoms with Gasteiger partial charge >= 0.3 is 6.18 Å². The van der Waals surface area contributed by atoms with Crippen LogP contribution in [-0.2, 0) is 11.0 Å². The molecule has 1 heterocycles. The summed E-state index contributed by atoms with van der Waals surface area (Å²) in [7, 11) is 0. The van der Waals surface area contributed by atoms with Crippen molar-refractivity contribution in [3.63, 3.8) is 0 Å². The number of aryl methyl sites for hydroxylation is 1. The van der Waals surface area contributed by atoms with E-state index in [2.05, 4.69) is 16.0 Å². The lowest BCUT2D eigenvalue weighted by molar-refractivity contribution is -0.137. The first-order chi connectivity index (χ1) is 14.6. The highest BCUT2D eigenvalue weighted by atomic mass is 19.4. The summed E-state index contributed by atoms with van der Waals surface area (Å²) in [6.07, 6.45) is -3.17. The smallest absolute Gasteiger partial charge is 0.416 e. The van der Waals surface area contributed by atoms with E-state index in [1.54, 1.807) is 6.92 Å². The van der Waals surface area contributed by atoms with Gasteiger partial charge in [-0.05, 0) is 49.4 Å². The number of hydrogen-bond acceptors (Lipinski definition) is 4. The molecule has 162 valence electrons. The molecule has 3 N–H and O–H groups in total. The van der Waals surface area contributed by atoms with Crippen molar-refractivity contribution in [2.75, 3.05) is 22.5 Å². The predicted molar refractivity (Wildman–Crippen MR) is 106 cm³/mol. The second-order valence-corrected chi connectivity index (χ2v) is 6.52. The van der Waals surface area contributed by atoms with E-state index < -0.39 is 29.4 Å². The summed E-state index contributed by atoms with van der Waals surface area (Å²) in [5.74, 6) is -1.51. The maximum Gasteiger partial charge on any atom is 0.416 e. The lowest BCUT2D eigenvalue weighted by atomic mass is 10.2. The molecule has 3 rings (SSSR count). The monoisotopic (exact) mass is 435 g/mol. The first-order valence-electron chi connectivity index (χ1n) is 8.99. The summed E-state index contributed by atoms with van der Waals surface area (Å²) < 4.78 is 57.4. The minimum absolute atomic E-state index is 0.118. The Morgan fingerprint density at radius 1 is 1.00 bits per heavy atom. The summed E-state index contributed by atoms with van der Waals surface area (Å²) in [6, 6.07) is 9.44. The third kappa shape index (κ3) is 5.62. The van der Waals surface area contributed by atoms with Crippen molar-refractivity contribution < 1.29 is 31.6 Å². The van der Waals surface area contributed by atoms with Crippen LogP contribution in [0.25, 0.3) is 0 Å². The molecular formula is C21H17F4N3O3. The number of amides is 2. The van der Waals surface area contributed by atoms with Gasteiger partial charge in [-0.2, -0.15) is 13.2 Å². The fourth-order valence-corrected chi connectivity index (χ4v) is 2.70. The van der Waals surface area contributed by atoms with Gasteiger partial charge < -0.3 is 20.4 Å². The molecule has 0 aliphatic carbocycles. The molecule has 31 heavy (non-hydrogen) atoms. The van der Waals surface area contributed by atoms with Crippen LogP contribution in [0.4, 0.5) is 34.6 Å². The average molecular weight is 435 g/mol. The van der Waals surface area contributed by atoms with Gasteiger partial charge in [-0.3, -0.25) is 9.59 Å². The van der Waals surface area contributed by atoms with Crippen molar-refractivity contribution in [2.45, 2.75) is 13.1 Å². The molecule has 0 saturated heterocycles. The number of rotatable bonds is 6. The van der Waals surface area contributed by atoms with Crippen molar-refractivity contribution in [1.82, 2.24) is 0 Å². The van der Waals surface area contributed by atoms with Crippen LogP contribution in [0.2, 0.25) is 0 Å². The van der Waals surface area contributed by atoms with E-state index >= 15 is 0 Å². The summed E-state index contributed by atoms with van der Waals surface area (Å²) in [6.45, 7) is 1.26. The first kappa shape index (κ1) is 21.9. The maximum atomic E-state index is 14.1. The zero-order chi connectivity index (χ0) is 22.6. The number of halogens is 4. The Balaban J connectivity index is 1.62. The van der Waals surface area contributed by atoms with Gasteiger partial charge in [0.15, 0.2) is 0 Å². The predicted octanol–water partition coefficient (Wildman–Crippen LogP) is 5.05. The quantitative estimate of drug-likeness (QED) is 0.474. The molecule has 0 atom stereocenters. The molecule has 6 nitrogen and oxygen atoms in total. The van der Waals surface area contributed by atoms with E-state index in [4.69, 9.17) is 4.42 Å². The van der Waals surface area contributed by atoms with Gasteiger partial charge in [-0.25, -0.2) is 4.39 Å². The number of hydrogen-bond donors (Lipinski definition) is 3. The summed E-state index contributed by atoms with van der Waals surface area (Å²) in [4.78, 5) is 24.4. The Kier molecular flexibility index (Phi) is 6.28. The Hall–Kier alpha value is -3.82. The highest BCUT2D eigenvalue weighted by Crippen LogP contribution is 2.30. The number of alkyl halides is 3. The van der Waals surface area contributed by atoms with Crippen LogP contribution in [-0.4, -0.2) is 18.4 Å². The van der Waals surface area contributed by atoms with Crippen molar-refractivity contribution >= 4 is 28.9 Å². The van der Waals surface area contributed by atoms with Crippen LogP contribution in [0.3, 0.4) is 0 Å². The van der Waals surface area contributed by atoms with Crippen LogP contribution < -0.4 is 16.0 Å². The van der Waals surface area contributed by atoms with E-state index in [1.165, 1.54) is 36.6 Å². The Bertz CT molecular complexity index is 1110. The molecule has 0 aliphatic heterocycles. The highest BCUT2D eigenvalue weighted by molar-refractivity contribution is 6.05. The standard InChI is InChI=1S/C21H17F4N3O3/c1-12-16(7-8-31-12)20(30)28-18-10-15(5-6-17(18)22)27-19(29)11-26-14-4-2-3-13(9-14)21(23,24)25/h2-10,26H,11H2,1H3,(H,27,29)(H,28,30). The van der Waals surface area contributed by atoms with Gasteiger partial charge in [-0.1, -0.05) is 6.07 Å². The summed E-state index contributed by atoms with van der Waals surface area (Å²) >= 11 is 0. The molecule has 1 aromatic heterocycles. The summed E-state index contributed by atoms with van der Waals surface area (Å²) in [5.41, 5.74) is -0.456. The maximum absolute atomic E-state index is 14.1. The van der Waals surface area contributed by atoms with Gasteiger partial charge in [0.2, 0.25) is 5.91 Å². The van der Waals surface area contributed by atoms with Crippen molar-refractivity contribution in [1.29, 1.82) is 0 Å². The van der Waals surface area contributed by atoms with E-state index in [9.17, 15) is 27.2 Å². The van der Waals surface area contributed by atoms with Crippen LogP contribution in [0.5, 0.6) is 0 Å². The van der Waals surface area contributed by atoms with E-state index in [0.717, 1.165) is 18.2 Å². The van der Waals surface area contributed by atoms with Crippen LogP contribution >= 0.6 is 0 Å². The zero-order valence-electron chi connectivity index (χ0n) is 16.1. The molecule has 0 bridgehead atoms. The normalized spacial score (nSPS) is 11.1. The molecule has 0 fully saturated rings. The van der Waals surface area contributed by atoms with E-state index in [-0.39, 0.29) is 29.2 Å². The van der Waals surface area contributed by atoms with Crippen LogP contribution in [0.15, 0.2) is 59.2 Å². The molecule has 2 aromatic carbocycles. The lowest BCUT2D eigenvalue weighted by Crippen LogP contribution is -2.22. The minimum Gasteiger partial charge on any atom is -0.469 e. The molecule has 3 aromatic rings. The molecular weight excluding hydrogens is 418 g/mol. The third-order valence-electron chi connectivity index (χ3n) is 4.24. The fourth-order valence-electron chi connectivity index (χ4n) is 2.70. The number of nitrogens with one attached hydrogen (secondary N) is 3. The summed E-state index contributed by atoms with van der Waals surface area (Å²) in [5, 5.41) is 7.48. The average Bonchev–Trinajstić information content (AvgIpc) is 3.14. The van der Waals surface area contributed by atoms with Gasteiger partial charge in [0.05, 0.1) is 29.6 Å². The lowest BCUT2D eigenvalue weighted by Gasteiger charge is -2.12. The topological polar surface area (TPSA) is 83.4 Å². The molecule has 10 heteroatoms. The minimum atomic E-state index is -4.50. The molecule has 0 spiro atoms. The molecule has 0 unspecified atom stereocenters. The first-order valence-corrected chi connectivity index (χ1v) is 8.99. The van der Waals surface area contributed by atoms with Gasteiger partial charge in [0.1, 0.15) is 11.6 Å². The third-order valence-corrected chi connectivity index (χ3v) is 4.24. The van der Waals surface area contributed by atoms with Crippen molar-refractivity contribution in [2.24, 2.45) is 0 Å². The number of anilines is 3.